The van der Waals surface area contributed by atoms with Gasteiger partial charge in [0.25, 0.3) is 11.5 Å². The average Bonchev–Trinajstić information content (AvgIpc) is 3.20. The molecule has 2 aliphatic heterocycles. The van der Waals surface area contributed by atoms with Crippen LogP contribution in [0.15, 0.2) is 47.4 Å². The Bertz CT molecular complexity index is 1160. The molecule has 28 heavy (non-hydrogen) atoms. The fourth-order valence-corrected chi connectivity index (χ4v) is 4.51. The number of pyridine rings is 1. The predicted octanol–water partition coefficient (Wildman–Crippen LogP) is 2.23. The van der Waals surface area contributed by atoms with Gasteiger partial charge in [-0.2, -0.15) is 0 Å². The molecule has 0 aliphatic carbocycles. The largest absolute Gasteiger partial charge is 0.383 e. The Hall–Kier alpha value is -2.93. The summed E-state index contributed by atoms with van der Waals surface area (Å²) in [4.78, 5) is 33.2. The lowest BCUT2D eigenvalue weighted by atomic mass is 10.1. The van der Waals surface area contributed by atoms with Gasteiger partial charge in [0.05, 0.1) is 18.0 Å². The molecule has 0 saturated carbocycles. The highest BCUT2D eigenvalue weighted by molar-refractivity contribution is 5.98. The molecule has 144 valence electrons. The maximum Gasteiger partial charge on any atom is 0.271 e. The van der Waals surface area contributed by atoms with Crippen molar-refractivity contribution in [2.24, 2.45) is 0 Å². The Kier molecular flexibility index (Phi) is 4.05. The Balaban J connectivity index is 1.70. The lowest BCUT2D eigenvalue weighted by Gasteiger charge is -2.31. The summed E-state index contributed by atoms with van der Waals surface area (Å²) in [5.41, 5.74) is 1.46. The van der Waals surface area contributed by atoms with Gasteiger partial charge in [-0.05, 0) is 37.5 Å². The van der Waals surface area contributed by atoms with E-state index >= 15 is 0 Å². The van der Waals surface area contributed by atoms with E-state index in [1.54, 1.807) is 31.5 Å². The quantitative estimate of drug-likeness (QED) is 0.653. The normalized spacial score (nSPS) is 21.1. The van der Waals surface area contributed by atoms with Crippen LogP contribution in [0.3, 0.4) is 0 Å². The van der Waals surface area contributed by atoms with Gasteiger partial charge < -0.3 is 14.2 Å². The van der Waals surface area contributed by atoms with Gasteiger partial charge >= 0.3 is 0 Å². The average molecular weight is 378 g/mol. The van der Waals surface area contributed by atoms with Gasteiger partial charge in [0.15, 0.2) is 0 Å². The van der Waals surface area contributed by atoms with E-state index in [4.69, 9.17) is 4.74 Å². The number of methoxy groups -OCH3 is 1. The molecule has 2 unspecified atom stereocenters. The van der Waals surface area contributed by atoms with E-state index in [1.807, 2.05) is 15.5 Å². The van der Waals surface area contributed by atoms with Crippen molar-refractivity contribution in [2.75, 3.05) is 13.7 Å². The number of rotatable bonds is 4. The van der Waals surface area contributed by atoms with Crippen molar-refractivity contribution in [2.45, 2.75) is 37.9 Å². The van der Waals surface area contributed by atoms with Gasteiger partial charge in [-0.25, -0.2) is 4.98 Å². The van der Waals surface area contributed by atoms with Crippen LogP contribution in [0.2, 0.25) is 0 Å². The van der Waals surface area contributed by atoms with Gasteiger partial charge in [0.1, 0.15) is 17.0 Å². The first-order valence-electron chi connectivity index (χ1n) is 9.68. The van der Waals surface area contributed by atoms with Crippen LogP contribution >= 0.6 is 0 Å². The monoisotopic (exact) mass is 378 g/mol. The fraction of sp³-hybridized carbons (Fsp3) is 0.381. The number of nitrogens with zero attached hydrogens (tertiary/aromatic N) is 4. The van der Waals surface area contributed by atoms with Gasteiger partial charge in [-0.1, -0.05) is 18.2 Å². The highest BCUT2D eigenvalue weighted by Crippen LogP contribution is 2.33. The maximum atomic E-state index is 13.5. The van der Waals surface area contributed by atoms with E-state index < -0.39 is 0 Å². The highest BCUT2D eigenvalue weighted by Gasteiger charge is 2.38. The standard InChI is InChI=1S/C21H22N4O3/c1-28-12-11-23-17(21(27)25-14-5-4-6-15(25)9-8-14)13-16-19(23)22-18-7-2-3-10-24(18)20(16)26/h2-5,7,10,13-15H,6,8-9,11-12H2,1H3. The van der Waals surface area contributed by atoms with Crippen LogP contribution in [0.4, 0.5) is 0 Å². The van der Waals surface area contributed by atoms with Crippen LogP contribution in [0.25, 0.3) is 16.7 Å². The number of aromatic nitrogens is 3. The first-order valence-corrected chi connectivity index (χ1v) is 9.68. The molecule has 1 saturated heterocycles. The molecule has 2 aliphatic rings. The van der Waals surface area contributed by atoms with E-state index in [0.29, 0.717) is 35.5 Å². The van der Waals surface area contributed by atoms with Crippen LogP contribution in [-0.4, -0.2) is 50.6 Å². The SMILES string of the molecule is COCCn1c(C(=O)N2C3C=CCC2CC3)cc2c(=O)n3ccccc3nc21. The number of amides is 1. The van der Waals surface area contributed by atoms with E-state index in [1.165, 1.54) is 4.40 Å². The molecular weight excluding hydrogens is 356 g/mol. The Labute approximate surface area is 161 Å². The van der Waals surface area contributed by atoms with Gasteiger partial charge in [-0.3, -0.25) is 14.0 Å². The highest BCUT2D eigenvalue weighted by atomic mass is 16.5. The lowest BCUT2D eigenvalue weighted by Crippen LogP contribution is -2.42. The zero-order valence-electron chi connectivity index (χ0n) is 15.7. The molecule has 1 amide bonds. The third-order valence-corrected chi connectivity index (χ3v) is 5.86. The molecule has 0 aromatic carbocycles. The summed E-state index contributed by atoms with van der Waals surface area (Å²) in [6.07, 6.45) is 8.92. The number of carbonyl (C=O) groups is 1. The van der Waals surface area contributed by atoms with E-state index in [-0.39, 0.29) is 23.6 Å². The summed E-state index contributed by atoms with van der Waals surface area (Å²) < 4.78 is 8.61. The van der Waals surface area contributed by atoms with E-state index in [9.17, 15) is 9.59 Å². The van der Waals surface area contributed by atoms with Crippen LogP contribution in [0.5, 0.6) is 0 Å². The topological polar surface area (TPSA) is 68.8 Å². The summed E-state index contributed by atoms with van der Waals surface area (Å²) in [7, 11) is 1.63. The second kappa shape index (κ2) is 6.60. The number of hydrogen-bond donors (Lipinski definition) is 0. The minimum atomic E-state index is -0.160. The molecule has 0 N–H and O–H groups in total. The number of carbonyl (C=O) groups excluding carboxylic acids is 1. The van der Waals surface area contributed by atoms with Crippen molar-refractivity contribution in [1.29, 1.82) is 0 Å². The summed E-state index contributed by atoms with van der Waals surface area (Å²) in [6, 6.07) is 7.54. The van der Waals surface area contributed by atoms with Crippen molar-refractivity contribution in [1.82, 2.24) is 18.9 Å². The molecule has 1 fully saturated rings. The molecule has 3 aromatic rings. The number of hydrogen-bond acceptors (Lipinski definition) is 4. The first-order chi connectivity index (χ1) is 13.7. The van der Waals surface area contributed by atoms with Gasteiger partial charge in [0.2, 0.25) is 0 Å². The molecular formula is C21H22N4O3. The van der Waals surface area contributed by atoms with Crippen LogP contribution in [0.1, 0.15) is 29.8 Å². The maximum absolute atomic E-state index is 13.5. The number of ether oxygens (including phenoxy) is 1. The van der Waals surface area contributed by atoms with Crippen molar-refractivity contribution < 1.29 is 9.53 Å². The number of fused-ring (bicyclic) bond motifs is 4. The van der Waals surface area contributed by atoms with Gasteiger partial charge in [-0.15, -0.1) is 0 Å². The minimum absolute atomic E-state index is 0.0283. The van der Waals surface area contributed by atoms with Crippen molar-refractivity contribution in [3.8, 4) is 0 Å². The molecule has 5 heterocycles. The lowest BCUT2D eigenvalue weighted by molar-refractivity contribution is 0.0676. The van der Waals surface area contributed by atoms with Gasteiger partial charge in [0, 0.05) is 25.9 Å². The van der Waals surface area contributed by atoms with Crippen molar-refractivity contribution >= 4 is 22.6 Å². The first kappa shape index (κ1) is 17.2. The summed E-state index contributed by atoms with van der Waals surface area (Å²) >= 11 is 0. The Morgan fingerprint density at radius 2 is 2.21 bits per heavy atom. The predicted molar refractivity (Wildman–Crippen MR) is 106 cm³/mol. The zero-order valence-corrected chi connectivity index (χ0v) is 15.7. The summed E-state index contributed by atoms with van der Waals surface area (Å²) in [5.74, 6) is -0.0283. The second-order valence-electron chi connectivity index (χ2n) is 7.43. The third-order valence-electron chi connectivity index (χ3n) is 5.86. The van der Waals surface area contributed by atoms with Crippen LogP contribution in [-0.2, 0) is 11.3 Å². The van der Waals surface area contributed by atoms with Crippen LogP contribution in [0, 0.1) is 0 Å². The second-order valence-corrected chi connectivity index (χ2v) is 7.43. The van der Waals surface area contributed by atoms with E-state index in [0.717, 1.165) is 19.3 Å². The molecule has 2 atom stereocenters. The molecule has 7 heteroatoms. The molecule has 0 radical (unpaired) electrons. The van der Waals surface area contributed by atoms with Crippen molar-refractivity contribution in [3.05, 3.63) is 58.7 Å². The third kappa shape index (κ3) is 2.50. The zero-order chi connectivity index (χ0) is 19.3. The summed E-state index contributed by atoms with van der Waals surface area (Å²) in [6.45, 7) is 0.905. The molecule has 2 bridgehead atoms. The van der Waals surface area contributed by atoms with Crippen LogP contribution < -0.4 is 5.56 Å². The molecule has 0 spiro atoms. The minimum Gasteiger partial charge on any atom is -0.383 e. The molecule has 7 nitrogen and oxygen atoms in total. The van der Waals surface area contributed by atoms with Crippen molar-refractivity contribution in [3.63, 3.8) is 0 Å². The Morgan fingerprint density at radius 3 is 3.04 bits per heavy atom. The fourth-order valence-electron chi connectivity index (χ4n) is 4.51. The molecule has 5 rings (SSSR count). The smallest absolute Gasteiger partial charge is 0.271 e. The summed E-state index contributed by atoms with van der Waals surface area (Å²) in [5, 5.41) is 0.461. The molecule has 3 aromatic heterocycles. The van der Waals surface area contributed by atoms with E-state index in [2.05, 4.69) is 17.1 Å². The Morgan fingerprint density at radius 1 is 1.32 bits per heavy atom.